The Morgan fingerprint density at radius 3 is 2.73 bits per heavy atom. The van der Waals surface area contributed by atoms with Crippen LogP contribution in [-0.2, 0) is 17.9 Å². The number of aromatic nitrogens is 4. The van der Waals surface area contributed by atoms with Crippen LogP contribution in [0.2, 0.25) is 0 Å². The minimum absolute atomic E-state index is 0.0157. The smallest absolute Gasteiger partial charge is 0.320 e. The SMILES string of the molecule is O=C1NCC(c2nnc3ccccn23)=C1c1cn2c3c(cc(F)cc13)CN(C(=O)N1CCCCC1)CC2. The predicted octanol–water partition coefficient (Wildman–Crippen LogP) is 3.29. The number of piperidine rings is 1. The van der Waals surface area contributed by atoms with Crippen LogP contribution in [0.3, 0.4) is 0 Å². The normalized spacial score (nSPS) is 18.1. The molecule has 0 atom stereocenters. The molecule has 9 nitrogen and oxygen atoms in total. The summed E-state index contributed by atoms with van der Waals surface area (Å²) in [5.74, 6) is -0.0133. The van der Waals surface area contributed by atoms with E-state index in [9.17, 15) is 9.59 Å². The summed E-state index contributed by atoms with van der Waals surface area (Å²) in [5.41, 5.74) is 4.19. The Morgan fingerprint density at radius 1 is 1.00 bits per heavy atom. The number of nitrogens with zero attached hydrogens (tertiary/aromatic N) is 6. The van der Waals surface area contributed by atoms with Gasteiger partial charge in [0.2, 0.25) is 0 Å². The number of likely N-dealkylation sites (tertiary alicyclic amines) is 1. The summed E-state index contributed by atoms with van der Waals surface area (Å²) in [6.45, 7) is 3.27. The number of fused-ring (bicyclic) bond motifs is 1. The van der Waals surface area contributed by atoms with Gasteiger partial charge in [-0.15, -0.1) is 10.2 Å². The Hall–Kier alpha value is -4.21. The number of pyridine rings is 1. The molecular weight excluding hydrogens is 473 g/mol. The first-order chi connectivity index (χ1) is 18.1. The molecule has 1 saturated heterocycles. The number of halogens is 1. The zero-order chi connectivity index (χ0) is 25.1. The molecule has 0 unspecified atom stereocenters. The van der Waals surface area contributed by atoms with Crippen LogP contribution in [-0.4, -0.2) is 67.1 Å². The van der Waals surface area contributed by atoms with Gasteiger partial charge in [-0.05, 0) is 49.1 Å². The second kappa shape index (κ2) is 8.43. The van der Waals surface area contributed by atoms with Crippen molar-refractivity contribution in [1.29, 1.82) is 0 Å². The molecule has 3 aromatic heterocycles. The monoisotopic (exact) mass is 499 g/mol. The first-order valence-electron chi connectivity index (χ1n) is 12.8. The van der Waals surface area contributed by atoms with Crippen molar-refractivity contribution < 1.29 is 14.0 Å². The first kappa shape index (κ1) is 22.0. The lowest BCUT2D eigenvalue weighted by Crippen LogP contribution is -2.45. The summed E-state index contributed by atoms with van der Waals surface area (Å²) in [4.78, 5) is 30.1. The number of hydrogen-bond acceptors (Lipinski definition) is 4. The lowest BCUT2D eigenvalue weighted by molar-refractivity contribution is -0.114. The van der Waals surface area contributed by atoms with E-state index < -0.39 is 0 Å². The van der Waals surface area contributed by atoms with E-state index in [1.165, 1.54) is 12.1 Å². The Kier molecular flexibility index (Phi) is 5.02. The molecule has 0 aliphatic carbocycles. The van der Waals surface area contributed by atoms with Gasteiger partial charge in [-0.25, -0.2) is 9.18 Å². The van der Waals surface area contributed by atoms with Crippen molar-refractivity contribution in [2.75, 3.05) is 26.2 Å². The fourth-order valence-corrected chi connectivity index (χ4v) is 5.95. The number of carbonyl (C=O) groups excluding carboxylic acids is 2. The van der Waals surface area contributed by atoms with Crippen LogP contribution >= 0.6 is 0 Å². The van der Waals surface area contributed by atoms with E-state index in [0.29, 0.717) is 54.2 Å². The van der Waals surface area contributed by atoms with Gasteiger partial charge in [0.25, 0.3) is 5.91 Å². The molecule has 1 aromatic carbocycles. The third-order valence-electron chi connectivity index (χ3n) is 7.69. The molecule has 10 heteroatoms. The molecule has 188 valence electrons. The average Bonchev–Trinajstić information content (AvgIpc) is 3.57. The summed E-state index contributed by atoms with van der Waals surface area (Å²) >= 11 is 0. The van der Waals surface area contributed by atoms with Crippen molar-refractivity contribution in [3.8, 4) is 0 Å². The lowest BCUT2D eigenvalue weighted by Gasteiger charge is -2.32. The molecule has 1 N–H and O–H groups in total. The van der Waals surface area contributed by atoms with Crippen LogP contribution in [0.4, 0.5) is 9.18 Å². The molecule has 7 rings (SSSR count). The largest absolute Gasteiger partial charge is 0.348 e. The Labute approximate surface area is 212 Å². The van der Waals surface area contributed by atoms with Crippen molar-refractivity contribution in [3.63, 3.8) is 0 Å². The summed E-state index contributed by atoms with van der Waals surface area (Å²) < 4.78 is 18.9. The molecule has 0 saturated carbocycles. The minimum Gasteiger partial charge on any atom is -0.348 e. The molecule has 3 aliphatic rings. The quantitative estimate of drug-likeness (QED) is 0.459. The van der Waals surface area contributed by atoms with Gasteiger partial charge in [0.05, 0.1) is 11.1 Å². The highest BCUT2D eigenvalue weighted by Gasteiger charge is 2.32. The summed E-state index contributed by atoms with van der Waals surface area (Å²) in [6.07, 6.45) is 6.98. The topological polar surface area (TPSA) is 87.8 Å². The van der Waals surface area contributed by atoms with Gasteiger partial charge in [0.15, 0.2) is 11.5 Å². The molecule has 37 heavy (non-hydrogen) atoms. The molecule has 4 aromatic rings. The average molecular weight is 500 g/mol. The second-order valence-electron chi connectivity index (χ2n) is 9.94. The summed E-state index contributed by atoms with van der Waals surface area (Å²) in [5, 5.41) is 12.2. The summed E-state index contributed by atoms with van der Waals surface area (Å²) in [7, 11) is 0. The summed E-state index contributed by atoms with van der Waals surface area (Å²) in [6, 6.07) is 8.65. The highest BCUT2D eigenvalue weighted by molar-refractivity contribution is 6.32. The van der Waals surface area contributed by atoms with Crippen molar-refractivity contribution in [1.82, 2.24) is 34.3 Å². The van der Waals surface area contributed by atoms with Crippen LogP contribution in [0, 0.1) is 5.82 Å². The minimum atomic E-state index is -0.387. The number of urea groups is 1. The van der Waals surface area contributed by atoms with Crippen LogP contribution in [0.25, 0.3) is 27.7 Å². The Bertz CT molecular complexity index is 1610. The number of carbonyl (C=O) groups is 2. The van der Waals surface area contributed by atoms with E-state index in [2.05, 4.69) is 20.1 Å². The zero-order valence-electron chi connectivity index (χ0n) is 20.3. The van der Waals surface area contributed by atoms with Crippen molar-refractivity contribution >= 4 is 39.6 Å². The first-order valence-corrected chi connectivity index (χ1v) is 12.8. The van der Waals surface area contributed by atoms with Crippen molar-refractivity contribution in [3.05, 3.63) is 65.5 Å². The molecule has 0 radical (unpaired) electrons. The molecule has 3 amide bonds. The lowest BCUT2D eigenvalue weighted by atomic mass is 9.99. The molecule has 6 heterocycles. The van der Waals surface area contributed by atoms with Crippen LogP contribution in [0.15, 0.2) is 42.7 Å². The standard InChI is InChI=1S/C27H26FN7O2/c28-18-12-17-15-34(27(37)32-7-3-1-4-8-32)11-10-33-16-21(19(13-18)24(17)33)23-20(14-29-26(23)36)25-31-30-22-6-2-5-9-35(22)25/h2,5-6,9,12-13,16H,1,3-4,7-8,10-11,14-15H2,(H,29,36). The maximum Gasteiger partial charge on any atom is 0.320 e. The molecule has 3 aliphatic heterocycles. The van der Waals surface area contributed by atoms with Crippen LogP contribution in [0.5, 0.6) is 0 Å². The number of rotatable bonds is 2. The van der Waals surface area contributed by atoms with Gasteiger partial charge in [-0.3, -0.25) is 9.20 Å². The van der Waals surface area contributed by atoms with Crippen molar-refractivity contribution in [2.45, 2.75) is 32.4 Å². The van der Waals surface area contributed by atoms with E-state index in [0.717, 1.165) is 49.0 Å². The van der Waals surface area contributed by atoms with Crippen molar-refractivity contribution in [2.24, 2.45) is 0 Å². The maximum atomic E-state index is 15.0. The predicted molar refractivity (Wildman–Crippen MR) is 136 cm³/mol. The number of benzene rings is 1. The van der Waals surface area contributed by atoms with Gasteiger partial charge < -0.3 is 19.7 Å². The number of amides is 3. The Balaban J connectivity index is 1.34. The third-order valence-corrected chi connectivity index (χ3v) is 7.69. The maximum absolute atomic E-state index is 15.0. The number of hydrogen-bond donors (Lipinski definition) is 1. The van der Waals surface area contributed by atoms with Gasteiger partial charge >= 0.3 is 6.03 Å². The van der Waals surface area contributed by atoms with Crippen LogP contribution < -0.4 is 5.32 Å². The molecule has 0 bridgehead atoms. The molecule has 0 spiro atoms. The molecular formula is C27H26FN7O2. The highest BCUT2D eigenvalue weighted by Crippen LogP contribution is 2.37. The fraction of sp³-hybridized carbons (Fsp3) is 0.333. The van der Waals surface area contributed by atoms with Gasteiger partial charge in [0.1, 0.15) is 5.82 Å². The zero-order valence-corrected chi connectivity index (χ0v) is 20.3. The van der Waals surface area contributed by atoms with Gasteiger partial charge in [-0.1, -0.05) is 6.07 Å². The third kappa shape index (κ3) is 3.50. The second-order valence-corrected chi connectivity index (χ2v) is 9.94. The van der Waals surface area contributed by atoms with Crippen LogP contribution in [0.1, 0.15) is 36.2 Å². The number of nitrogens with one attached hydrogen (secondary N) is 1. The Morgan fingerprint density at radius 2 is 1.86 bits per heavy atom. The van der Waals surface area contributed by atoms with E-state index in [1.54, 1.807) is 0 Å². The van der Waals surface area contributed by atoms with E-state index >= 15 is 4.39 Å². The van der Waals surface area contributed by atoms with E-state index in [4.69, 9.17) is 0 Å². The fourth-order valence-electron chi connectivity index (χ4n) is 5.95. The van der Waals surface area contributed by atoms with E-state index in [-0.39, 0.29) is 17.8 Å². The highest BCUT2D eigenvalue weighted by atomic mass is 19.1. The van der Waals surface area contributed by atoms with Gasteiger partial charge in [-0.2, -0.15) is 0 Å². The molecule has 1 fully saturated rings. The van der Waals surface area contributed by atoms with Gasteiger partial charge in [0, 0.05) is 68.2 Å². The van der Waals surface area contributed by atoms with E-state index in [1.807, 2.05) is 44.8 Å².